The van der Waals surface area contributed by atoms with Gasteiger partial charge in [0.15, 0.2) is 0 Å². The van der Waals surface area contributed by atoms with Gasteiger partial charge in [-0.1, -0.05) is 0 Å². The number of fused-ring (bicyclic) bond motifs is 2. The molecule has 0 radical (unpaired) electrons. The molecular formula is C14H20N2O4. The highest BCUT2D eigenvalue weighted by molar-refractivity contribution is 5.10. The van der Waals surface area contributed by atoms with E-state index in [2.05, 4.69) is 4.98 Å². The fourth-order valence-corrected chi connectivity index (χ4v) is 4.27. The molecule has 0 amide bonds. The van der Waals surface area contributed by atoms with E-state index in [1.165, 1.54) is 0 Å². The first-order valence-corrected chi connectivity index (χ1v) is 7.06. The molecular weight excluding hydrogens is 260 g/mol. The Morgan fingerprint density at radius 3 is 2.65 bits per heavy atom. The van der Waals surface area contributed by atoms with E-state index in [-0.39, 0.29) is 36.7 Å². The van der Waals surface area contributed by atoms with Gasteiger partial charge >= 0.3 is 5.69 Å². The van der Waals surface area contributed by atoms with Crippen molar-refractivity contribution in [3.05, 3.63) is 32.6 Å². The lowest BCUT2D eigenvalue weighted by Gasteiger charge is -2.34. The van der Waals surface area contributed by atoms with Gasteiger partial charge in [-0.2, -0.15) is 0 Å². The Labute approximate surface area is 116 Å². The van der Waals surface area contributed by atoms with E-state index >= 15 is 0 Å². The van der Waals surface area contributed by atoms with E-state index in [1.807, 2.05) is 0 Å². The molecule has 2 bridgehead atoms. The summed E-state index contributed by atoms with van der Waals surface area (Å²) in [6, 6.07) is -0.0302. The molecule has 110 valence electrons. The molecule has 2 aliphatic rings. The summed E-state index contributed by atoms with van der Waals surface area (Å²) in [6.07, 6.45) is 4.25. The quantitative estimate of drug-likeness (QED) is 0.714. The highest BCUT2D eigenvalue weighted by Crippen LogP contribution is 2.60. The van der Waals surface area contributed by atoms with Crippen LogP contribution in [0.4, 0.5) is 0 Å². The normalized spacial score (nSPS) is 30.9. The molecule has 0 aliphatic heterocycles. The minimum atomic E-state index is -0.489. The van der Waals surface area contributed by atoms with Crippen LogP contribution in [0.2, 0.25) is 0 Å². The number of aromatic nitrogens is 2. The fraction of sp³-hybridized carbons (Fsp3) is 0.714. The van der Waals surface area contributed by atoms with Gasteiger partial charge < -0.3 is 10.2 Å². The Morgan fingerprint density at radius 2 is 2.05 bits per heavy atom. The minimum Gasteiger partial charge on any atom is -0.396 e. The zero-order chi connectivity index (χ0) is 14.5. The van der Waals surface area contributed by atoms with Gasteiger partial charge in [0, 0.05) is 23.2 Å². The van der Waals surface area contributed by atoms with Crippen molar-refractivity contribution < 1.29 is 10.2 Å². The van der Waals surface area contributed by atoms with E-state index in [4.69, 9.17) is 0 Å². The van der Waals surface area contributed by atoms with E-state index in [9.17, 15) is 19.8 Å². The number of hydrogen-bond donors (Lipinski definition) is 3. The van der Waals surface area contributed by atoms with Crippen LogP contribution >= 0.6 is 0 Å². The van der Waals surface area contributed by atoms with Gasteiger partial charge in [-0.15, -0.1) is 0 Å². The second kappa shape index (κ2) is 4.56. The number of aromatic amines is 1. The Hall–Kier alpha value is -1.40. The molecule has 2 saturated carbocycles. The van der Waals surface area contributed by atoms with E-state index < -0.39 is 11.1 Å². The summed E-state index contributed by atoms with van der Waals surface area (Å²) in [5.41, 5.74) is -0.729. The van der Waals surface area contributed by atoms with Gasteiger partial charge in [0.2, 0.25) is 0 Å². The second-order valence-corrected chi connectivity index (χ2v) is 6.30. The van der Waals surface area contributed by atoms with Crippen LogP contribution in [-0.2, 0) is 0 Å². The topological polar surface area (TPSA) is 95.3 Å². The number of rotatable bonds is 3. The van der Waals surface area contributed by atoms with E-state index in [0.29, 0.717) is 5.56 Å². The largest absolute Gasteiger partial charge is 0.396 e. The molecule has 3 atom stereocenters. The molecule has 1 aromatic heterocycles. The molecule has 6 nitrogen and oxygen atoms in total. The average molecular weight is 280 g/mol. The van der Waals surface area contributed by atoms with Gasteiger partial charge in [-0.3, -0.25) is 14.3 Å². The van der Waals surface area contributed by atoms with E-state index in [0.717, 1.165) is 19.3 Å². The molecule has 3 N–H and O–H groups in total. The molecule has 2 aliphatic carbocycles. The van der Waals surface area contributed by atoms with Crippen LogP contribution in [0.25, 0.3) is 0 Å². The number of hydrogen-bond acceptors (Lipinski definition) is 4. The molecule has 0 spiro atoms. The number of aryl methyl sites for hydroxylation is 1. The molecule has 3 rings (SSSR count). The standard InChI is InChI=1S/C14H20N2O4/c1-8-5-16(13(20)15-12(8)19)11-9-2-3-10(11)14(4-9,6-17)7-18/h5,9-11,17-18H,2-4,6-7H2,1H3,(H,15,19,20)/t9-,10-,11+/m0/s1. The Morgan fingerprint density at radius 1 is 1.35 bits per heavy atom. The number of nitrogens with zero attached hydrogens (tertiary/aromatic N) is 1. The number of aliphatic hydroxyl groups excluding tert-OH is 2. The molecule has 2 fully saturated rings. The maximum Gasteiger partial charge on any atom is 0.328 e. The van der Waals surface area contributed by atoms with Crippen molar-refractivity contribution in [3.63, 3.8) is 0 Å². The van der Waals surface area contributed by atoms with Gasteiger partial charge in [-0.05, 0) is 38.0 Å². The monoisotopic (exact) mass is 280 g/mol. The third kappa shape index (κ3) is 1.71. The van der Waals surface area contributed by atoms with Crippen LogP contribution < -0.4 is 11.2 Å². The predicted octanol–water partition coefficient (Wildman–Crippen LogP) is -0.213. The van der Waals surface area contributed by atoms with Crippen molar-refractivity contribution in [3.8, 4) is 0 Å². The molecule has 1 aromatic rings. The lowest BCUT2D eigenvalue weighted by atomic mass is 9.74. The van der Waals surface area contributed by atoms with Crippen molar-refractivity contribution in [1.82, 2.24) is 9.55 Å². The van der Waals surface area contributed by atoms with Crippen LogP contribution in [0.5, 0.6) is 0 Å². The summed E-state index contributed by atoms with van der Waals surface area (Å²) in [5, 5.41) is 19.3. The summed E-state index contributed by atoms with van der Waals surface area (Å²) in [6.45, 7) is 1.56. The second-order valence-electron chi connectivity index (χ2n) is 6.30. The summed E-state index contributed by atoms with van der Waals surface area (Å²) >= 11 is 0. The summed E-state index contributed by atoms with van der Waals surface area (Å²) < 4.78 is 1.60. The van der Waals surface area contributed by atoms with Crippen molar-refractivity contribution in [2.24, 2.45) is 17.3 Å². The zero-order valence-corrected chi connectivity index (χ0v) is 11.5. The summed E-state index contributed by atoms with van der Waals surface area (Å²) in [7, 11) is 0. The van der Waals surface area contributed by atoms with Crippen molar-refractivity contribution in [2.45, 2.75) is 32.2 Å². The predicted molar refractivity (Wildman–Crippen MR) is 72.5 cm³/mol. The fourth-order valence-electron chi connectivity index (χ4n) is 4.27. The third-order valence-corrected chi connectivity index (χ3v) is 5.30. The van der Waals surface area contributed by atoms with Crippen LogP contribution in [0.15, 0.2) is 15.8 Å². The molecule has 0 saturated heterocycles. The van der Waals surface area contributed by atoms with Gasteiger partial charge in [0.05, 0.1) is 13.2 Å². The number of nitrogens with one attached hydrogen (secondary N) is 1. The van der Waals surface area contributed by atoms with E-state index in [1.54, 1.807) is 17.7 Å². The lowest BCUT2D eigenvalue weighted by molar-refractivity contribution is 0.00434. The first-order valence-electron chi connectivity index (χ1n) is 7.06. The smallest absolute Gasteiger partial charge is 0.328 e. The molecule has 20 heavy (non-hydrogen) atoms. The maximum absolute atomic E-state index is 12.1. The van der Waals surface area contributed by atoms with Crippen LogP contribution in [0.3, 0.4) is 0 Å². The number of H-pyrrole nitrogens is 1. The first kappa shape index (κ1) is 13.6. The number of aliphatic hydroxyl groups is 2. The third-order valence-electron chi connectivity index (χ3n) is 5.30. The zero-order valence-electron chi connectivity index (χ0n) is 11.5. The van der Waals surface area contributed by atoms with Crippen molar-refractivity contribution >= 4 is 0 Å². The molecule has 1 heterocycles. The molecule has 6 heteroatoms. The Bertz CT molecular complexity index is 629. The average Bonchev–Trinajstić information content (AvgIpc) is 2.98. The van der Waals surface area contributed by atoms with Crippen LogP contribution in [0.1, 0.15) is 30.9 Å². The highest BCUT2D eigenvalue weighted by atomic mass is 16.3. The van der Waals surface area contributed by atoms with Gasteiger partial charge in [0.1, 0.15) is 0 Å². The maximum atomic E-state index is 12.1. The summed E-state index contributed by atoms with van der Waals surface area (Å²) in [4.78, 5) is 25.9. The lowest BCUT2D eigenvalue weighted by Crippen LogP contribution is -2.39. The highest BCUT2D eigenvalue weighted by Gasteiger charge is 2.57. The Balaban J connectivity index is 2.07. The van der Waals surface area contributed by atoms with Gasteiger partial charge in [0.25, 0.3) is 5.56 Å². The van der Waals surface area contributed by atoms with Crippen molar-refractivity contribution in [2.75, 3.05) is 13.2 Å². The van der Waals surface area contributed by atoms with Crippen LogP contribution in [0, 0.1) is 24.2 Å². The minimum absolute atomic E-state index is 0.0302. The van der Waals surface area contributed by atoms with Crippen LogP contribution in [-0.4, -0.2) is 33.0 Å². The SMILES string of the molecule is Cc1cn([C@@H]2[C@H]3CC[C@@H]2C(CO)(CO)C3)c(=O)[nH]c1=O. The first-order chi connectivity index (χ1) is 9.52. The van der Waals surface area contributed by atoms with Crippen molar-refractivity contribution in [1.29, 1.82) is 0 Å². The molecule has 0 unspecified atom stereocenters. The van der Waals surface area contributed by atoms with Gasteiger partial charge in [-0.25, -0.2) is 4.79 Å². The Kier molecular flexibility index (Phi) is 3.10. The summed E-state index contributed by atoms with van der Waals surface area (Å²) in [5.74, 6) is 0.368. The molecule has 0 aromatic carbocycles.